The molecule has 1 aliphatic carbocycles. The van der Waals surface area contributed by atoms with Gasteiger partial charge in [-0.2, -0.15) is 0 Å². The first-order valence-corrected chi connectivity index (χ1v) is 14.8. The van der Waals surface area contributed by atoms with Crippen LogP contribution in [-0.2, 0) is 26.3 Å². The van der Waals surface area contributed by atoms with E-state index in [9.17, 15) is 9.59 Å². The Morgan fingerprint density at radius 1 is 1.05 bits per heavy atom. The number of benzene rings is 2. The molecule has 1 saturated carbocycles. The van der Waals surface area contributed by atoms with Gasteiger partial charge in [0.2, 0.25) is 11.8 Å². The number of halogens is 2. The van der Waals surface area contributed by atoms with E-state index in [1.54, 1.807) is 7.11 Å². The number of hydrogen-bond acceptors (Lipinski definition) is 5. The second-order valence-electron chi connectivity index (χ2n) is 10.9. The molecule has 9 heteroatoms. The quantitative estimate of drug-likeness (QED) is 0.467. The highest BCUT2D eigenvalue weighted by molar-refractivity contribution is 6.31. The smallest absolute Gasteiger partial charge is 0.249 e. The van der Waals surface area contributed by atoms with E-state index in [-0.39, 0.29) is 24.4 Å². The van der Waals surface area contributed by atoms with Crippen LogP contribution in [0, 0.1) is 0 Å². The number of piperazine rings is 1. The normalized spacial score (nSPS) is 22.3. The zero-order chi connectivity index (χ0) is 27.4. The van der Waals surface area contributed by atoms with Crippen molar-refractivity contribution < 1.29 is 14.3 Å². The number of nitrogens with one attached hydrogen (secondary N) is 1. The van der Waals surface area contributed by atoms with Gasteiger partial charge in [-0.05, 0) is 42.7 Å². The molecule has 39 heavy (non-hydrogen) atoms. The minimum Gasteiger partial charge on any atom is -0.383 e. The SMILES string of the molecule is COCCN1CCN(C(=O)CN(C2CCCCC2)C2(Cc3cccc(Cl)c3)C(=O)Nc3cc(Cl)ccc32)CC1. The van der Waals surface area contributed by atoms with Crippen LogP contribution in [0.5, 0.6) is 0 Å². The van der Waals surface area contributed by atoms with Crippen molar-refractivity contribution in [2.24, 2.45) is 0 Å². The highest BCUT2D eigenvalue weighted by Gasteiger charge is 2.54. The first-order valence-electron chi connectivity index (χ1n) is 14.0. The molecule has 2 amide bonds. The molecule has 1 saturated heterocycles. The lowest BCUT2D eigenvalue weighted by Gasteiger charge is -2.46. The fraction of sp³-hybridized carbons (Fsp3) is 0.533. The summed E-state index contributed by atoms with van der Waals surface area (Å²) in [5.41, 5.74) is 1.51. The number of rotatable bonds is 9. The van der Waals surface area contributed by atoms with Crippen LogP contribution in [0.15, 0.2) is 42.5 Å². The van der Waals surface area contributed by atoms with Crippen LogP contribution in [0.1, 0.15) is 43.2 Å². The summed E-state index contributed by atoms with van der Waals surface area (Å²) in [5.74, 6) is -0.0323. The molecule has 2 aliphatic heterocycles. The molecule has 3 aliphatic rings. The van der Waals surface area contributed by atoms with Gasteiger partial charge in [0.1, 0.15) is 5.54 Å². The van der Waals surface area contributed by atoms with Gasteiger partial charge in [-0.1, -0.05) is 60.7 Å². The number of nitrogens with zero attached hydrogens (tertiary/aromatic N) is 3. The predicted octanol–water partition coefficient (Wildman–Crippen LogP) is 4.81. The van der Waals surface area contributed by atoms with Gasteiger partial charge in [0, 0.05) is 73.6 Å². The second-order valence-corrected chi connectivity index (χ2v) is 11.8. The fourth-order valence-corrected chi connectivity index (χ4v) is 6.87. The zero-order valence-electron chi connectivity index (χ0n) is 22.6. The minimum atomic E-state index is -1.04. The lowest BCUT2D eigenvalue weighted by molar-refractivity contribution is -0.141. The number of carbonyl (C=O) groups excluding carboxylic acids is 2. The van der Waals surface area contributed by atoms with Crippen LogP contribution in [0.3, 0.4) is 0 Å². The molecular formula is C30H38Cl2N4O3. The Balaban J connectivity index is 1.50. The number of amides is 2. The van der Waals surface area contributed by atoms with Gasteiger partial charge >= 0.3 is 0 Å². The number of fused-ring (bicyclic) bond motifs is 1. The highest BCUT2D eigenvalue weighted by atomic mass is 35.5. The molecule has 0 bridgehead atoms. The number of methoxy groups -OCH3 is 1. The number of hydrogen-bond donors (Lipinski definition) is 1. The molecular weight excluding hydrogens is 535 g/mol. The van der Waals surface area contributed by atoms with E-state index in [1.807, 2.05) is 47.4 Å². The van der Waals surface area contributed by atoms with Crippen molar-refractivity contribution in [3.05, 3.63) is 63.6 Å². The van der Waals surface area contributed by atoms with Gasteiger partial charge in [0.15, 0.2) is 0 Å². The minimum absolute atomic E-state index is 0.0765. The van der Waals surface area contributed by atoms with Crippen LogP contribution in [0.25, 0.3) is 0 Å². The van der Waals surface area contributed by atoms with E-state index in [1.165, 1.54) is 6.42 Å². The first kappa shape index (κ1) is 28.4. The molecule has 210 valence electrons. The first-order chi connectivity index (χ1) is 18.9. The summed E-state index contributed by atoms with van der Waals surface area (Å²) >= 11 is 12.7. The van der Waals surface area contributed by atoms with Gasteiger partial charge in [-0.25, -0.2) is 0 Å². The highest BCUT2D eigenvalue weighted by Crippen LogP contribution is 2.46. The van der Waals surface area contributed by atoms with Crippen LogP contribution in [0.2, 0.25) is 10.0 Å². The van der Waals surface area contributed by atoms with Crippen molar-refractivity contribution in [2.45, 2.75) is 50.1 Å². The summed E-state index contributed by atoms with van der Waals surface area (Å²) in [6.07, 6.45) is 5.72. The van der Waals surface area contributed by atoms with Gasteiger partial charge in [-0.15, -0.1) is 0 Å². The van der Waals surface area contributed by atoms with E-state index in [4.69, 9.17) is 27.9 Å². The van der Waals surface area contributed by atoms with Gasteiger partial charge in [-0.3, -0.25) is 19.4 Å². The van der Waals surface area contributed by atoms with Crippen LogP contribution in [0.4, 0.5) is 5.69 Å². The van der Waals surface area contributed by atoms with Crippen LogP contribution >= 0.6 is 23.2 Å². The molecule has 0 aromatic heterocycles. The number of ether oxygens (including phenoxy) is 1. The Kier molecular flexibility index (Phi) is 9.14. The molecule has 7 nitrogen and oxygen atoms in total. The molecule has 2 aromatic carbocycles. The van der Waals surface area contributed by atoms with Crippen LogP contribution < -0.4 is 5.32 Å². The van der Waals surface area contributed by atoms with Crippen molar-refractivity contribution in [3.8, 4) is 0 Å². The summed E-state index contributed by atoms with van der Waals surface area (Å²) in [5, 5.41) is 4.32. The lowest BCUT2D eigenvalue weighted by atomic mass is 9.80. The molecule has 2 heterocycles. The van der Waals surface area contributed by atoms with Crippen molar-refractivity contribution in [3.63, 3.8) is 0 Å². The van der Waals surface area contributed by atoms with Crippen molar-refractivity contribution in [1.29, 1.82) is 0 Å². The second kappa shape index (κ2) is 12.6. The molecule has 2 fully saturated rings. The van der Waals surface area contributed by atoms with E-state index in [2.05, 4.69) is 15.1 Å². The Labute approximate surface area is 241 Å². The largest absolute Gasteiger partial charge is 0.383 e. The standard InChI is InChI=1S/C30H38Cl2N4O3/c1-39-17-16-34-12-14-35(15-13-34)28(37)21-36(25-8-3-2-4-9-25)30(20-22-6-5-7-23(31)18-22)26-11-10-24(32)19-27(26)33-29(30)38/h5-7,10-11,18-19,25H,2-4,8-9,12-17,20-21H2,1H3,(H,33,38). The van der Waals surface area contributed by atoms with Crippen molar-refractivity contribution >= 4 is 40.7 Å². The Morgan fingerprint density at radius 2 is 1.79 bits per heavy atom. The summed E-state index contributed by atoms with van der Waals surface area (Å²) < 4.78 is 5.23. The Morgan fingerprint density at radius 3 is 2.51 bits per heavy atom. The van der Waals surface area contributed by atoms with Gasteiger partial charge < -0.3 is 15.0 Å². The van der Waals surface area contributed by atoms with E-state index < -0.39 is 5.54 Å². The summed E-state index contributed by atoms with van der Waals surface area (Å²) in [6.45, 7) is 4.77. The van der Waals surface area contributed by atoms with Gasteiger partial charge in [0.25, 0.3) is 0 Å². The van der Waals surface area contributed by atoms with E-state index >= 15 is 0 Å². The number of carbonyl (C=O) groups is 2. The van der Waals surface area contributed by atoms with Crippen molar-refractivity contribution in [2.75, 3.05) is 58.3 Å². The average molecular weight is 574 g/mol. The Bertz CT molecular complexity index is 1180. The molecule has 0 radical (unpaired) electrons. The number of anilines is 1. The molecule has 2 aromatic rings. The topological polar surface area (TPSA) is 65.1 Å². The third-order valence-electron chi connectivity index (χ3n) is 8.55. The molecule has 5 rings (SSSR count). The molecule has 0 spiro atoms. The predicted molar refractivity (Wildman–Crippen MR) is 155 cm³/mol. The van der Waals surface area contributed by atoms with E-state index in [0.29, 0.717) is 36.2 Å². The summed E-state index contributed by atoms with van der Waals surface area (Å²) in [7, 11) is 1.71. The van der Waals surface area contributed by atoms with Gasteiger partial charge in [0.05, 0.1) is 13.2 Å². The summed E-state index contributed by atoms with van der Waals surface area (Å²) in [4.78, 5) is 34.6. The summed E-state index contributed by atoms with van der Waals surface area (Å²) in [6, 6.07) is 13.4. The van der Waals surface area contributed by atoms with E-state index in [0.717, 1.165) is 62.1 Å². The lowest BCUT2D eigenvalue weighted by Crippen LogP contribution is -2.60. The third kappa shape index (κ3) is 6.13. The Hall–Kier alpha value is -2.16. The fourth-order valence-electron chi connectivity index (χ4n) is 6.49. The molecule has 1 atom stereocenters. The zero-order valence-corrected chi connectivity index (χ0v) is 24.1. The van der Waals surface area contributed by atoms with Crippen LogP contribution in [-0.4, -0.2) is 85.5 Å². The molecule has 1 unspecified atom stereocenters. The third-order valence-corrected chi connectivity index (χ3v) is 9.02. The molecule has 1 N–H and O–H groups in total. The maximum Gasteiger partial charge on any atom is 0.249 e. The maximum absolute atomic E-state index is 14.2. The monoisotopic (exact) mass is 572 g/mol. The average Bonchev–Trinajstić information content (AvgIpc) is 3.21. The van der Waals surface area contributed by atoms with Crippen molar-refractivity contribution in [1.82, 2.24) is 14.7 Å². The maximum atomic E-state index is 14.2.